The van der Waals surface area contributed by atoms with Gasteiger partial charge in [-0.2, -0.15) is 5.11 Å². The molecule has 5 heteroatoms. The Hall–Kier alpha value is -2.95. The molecule has 1 aromatic heterocycles. The number of azo groups is 1. The van der Waals surface area contributed by atoms with Gasteiger partial charge < -0.3 is 9.15 Å². The molecular weight excluding hydrogens is 268 g/mol. The predicted molar refractivity (Wildman–Crippen MR) is 79.7 cm³/mol. The molecule has 0 N–H and O–H groups in total. The minimum atomic E-state index is -0.400. The summed E-state index contributed by atoms with van der Waals surface area (Å²) in [5.41, 5.74) is 1.38. The summed E-state index contributed by atoms with van der Waals surface area (Å²) in [4.78, 5) is 11.2. The minimum Gasteiger partial charge on any atom is -0.494 e. The Labute approximate surface area is 120 Å². The van der Waals surface area contributed by atoms with Crippen molar-refractivity contribution in [3.63, 3.8) is 0 Å². The van der Waals surface area contributed by atoms with Crippen molar-refractivity contribution in [2.24, 2.45) is 10.2 Å². The van der Waals surface area contributed by atoms with Gasteiger partial charge in [-0.05, 0) is 24.3 Å². The van der Waals surface area contributed by atoms with Gasteiger partial charge in [-0.25, -0.2) is 4.79 Å². The van der Waals surface area contributed by atoms with Crippen LogP contribution in [0.4, 0.5) is 11.4 Å². The van der Waals surface area contributed by atoms with E-state index in [1.807, 2.05) is 30.3 Å². The summed E-state index contributed by atoms with van der Waals surface area (Å²) in [7, 11) is 1.53. The highest BCUT2D eigenvalue weighted by Crippen LogP contribution is 2.33. The lowest BCUT2D eigenvalue weighted by atomic mass is 10.2. The number of benzene rings is 2. The Morgan fingerprint density at radius 2 is 1.81 bits per heavy atom. The summed E-state index contributed by atoms with van der Waals surface area (Å²) in [5, 5.41) is 9.12. The average Bonchev–Trinajstić information content (AvgIpc) is 2.53. The smallest absolute Gasteiger partial charge is 0.336 e. The molecule has 0 aliphatic carbocycles. The number of hydrogen-bond acceptors (Lipinski definition) is 5. The highest BCUT2D eigenvalue weighted by atomic mass is 16.5. The summed E-state index contributed by atoms with van der Waals surface area (Å²) in [6, 6.07) is 15.9. The van der Waals surface area contributed by atoms with Crippen LogP contribution < -0.4 is 10.4 Å². The van der Waals surface area contributed by atoms with Gasteiger partial charge in [0.1, 0.15) is 17.0 Å². The van der Waals surface area contributed by atoms with E-state index in [-0.39, 0.29) is 0 Å². The standard InChI is InChI=1S/C16H12N2O3/c1-20-15-10-14-11(7-8-16(19)21-14)9-13(15)18-17-12-5-3-2-4-6-12/h2-10H,1H3. The van der Waals surface area contributed by atoms with Crippen LogP contribution in [0.25, 0.3) is 11.0 Å². The molecule has 2 aromatic carbocycles. The van der Waals surface area contributed by atoms with E-state index >= 15 is 0 Å². The highest BCUT2D eigenvalue weighted by molar-refractivity contribution is 5.83. The number of methoxy groups -OCH3 is 1. The maximum atomic E-state index is 11.2. The van der Waals surface area contributed by atoms with Crippen molar-refractivity contribution in [2.75, 3.05) is 7.11 Å². The molecule has 0 aliphatic rings. The van der Waals surface area contributed by atoms with Crippen LogP contribution in [0.5, 0.6) is 5.75 Å². The highest BCUT2D eigenvalue weighted by Gasteiger charge is 2.07. The van der Waals surface area contributed by atoms with E-state index in [9.17, 15) is 4.79 Å². The molecule has 0 radical (unpaired) electrons. The van der Waals surface area contributed by atoms with E-state index in [0.29, 0.717) is 17.0 Å². The molecule has 0 saturated heterocycles. The van der Waals surface area contributed by atoms with Crippen molar-refractivity contribution < 1.29 is 9.15 Å². The first kappa shape index (κ1) is 13.1. The van der Waals surface area contributed by atoms with Gasteiger partial charge in [0.15, 0.2) is 0 Å². The van der Waals surface area contributed by atoms with Crippen LogP contribution in [-0.4, -0.2) is 7.11 Å². The zero-order valence-corrected chi connectivity index (χ0v) is 11.3. The zero-order valence-electron chi connectivity index (χ0n) is 11.3. The minimum absolute atomic E-state index is 0.400. The molecule has 104 valence electrons. The van der Waals surface area contributed by atoms with Crippen molar-refractivity contribution in [3.05, 3.63) is 65.0 Å². The van der Waals surface area contributed by atoms with Crippen LogP contribution >= 0.6 is 0 Å². The van der Waals surface area contributed by atoms with Gasteiger partial charge in [0.25, 0.3) is 0 Å². The first-order valence-corrected chi connectivity index (χ1v) is 6.35. The van der Waals surface area contributed by atoms with Gasteiger partial charge in [-0.3, -0.25) is 0 Å². The number of hydrogen-bond donors (Lipinski definition) is 0. The fraction of sp³-hybridized carbons (Fsp3) is 0.0625. The van der Waals surface area contributed by atoms with E-state index < -0.39 is 5.63 Å². The fourth-order valence-electron chi connectivity index (χ4n) is 1.93. The van der Waals surface area contributed by atoms with Gasteiger partial charge >= 0.3 is 5.63 Å². The third-order valence-corrected chi connectivity index (χ3v) is 2.95. The molecule has 3 rings (SSSR count). The Morgan fingerprint density at radius 3 is 2.57 bits per heavy atom. The molecule has 1 heterocycles. The first-order chi connectivity index (χ1) is 10.3. The Balaban J connectivity index is 2.07. The topological polar surface area (TPSA) is 64.2 Å². The van der Waals surface area contributed by atoms with E-state index in [1.54, 1.807) is 18.2 Å². The van der Waals surface area contributed by atoms with E-state index in [2.05, 4.69) is 10.2 Å². The molecule has 0 spiro atoms. The molecule has 3 aromatic rings. The van der Waals surface area contributed by atoms with E-state index in [4.69, 9.17) is 9.15 Å². The van der Waals surface area contributed by atoms with Crippen molar-refractivity contribution >= 4 is 22.3 Å². The van der Waals surface area contributed by atoms with Crippen molar-refractivity contribution in [3.8, 4) is 5.75 Å². The van der Waals surface area contributed by atoms with Crippen LogP contribution in [-0.2, 0) is 0 Å². The monoisotopic (exact) mass is 280 g/mol. The van der Waals surface area contributed by atoms with E-state index in [0.717, 1.165) is 11.1 Å². The predicted octanol–water partition coefficient (Wildman–Crippen LogP) is 4.22. The molecule has 5 nitrogen and oxygen atoms in total. The summed E-state index contributed by atoms with van der Waals surface area (Å²) in [6.07, 6.45) is 0. The molecular formula is C16H12N2O3. The van der Waals surface area contributed by atoms with Gasteiger partial charge in [0.2, 0.25) is 0 Å². The number of ether oxygens (including phenoxy) is 1. The van der Waals surface area contributed by atoms with Crippen LogP contribution in [0.15, 0.2) is 74.0 Å². The van der Waals surface area contributed by atoms with Gasteiger partial charge in [-0.15, -0.1) is 5.11 Å². The lowest BCUT2D eigenvalue weighted by Crippen LogP contribution is -1.94. The lowest BCUT2D eigenvalue weighted by molar-refractivity contribution is 0.415. The normalized spacial score (nSPS) is 11.1. The molecule has 0 saturated carbocycles. The molecule has 0 atom stereocenters. The van der Waals surface area contributed by atoms with Crippen LogP contribution in [0.2, 0.25) is 0 Å². The van der Waals surface area contributed by atoms with Crippen molar-refractivity contribution in [1.82, 2.24) is 0 Å². The summed E-state index contributed by atoms with van der Waals surface area (Å²) in [5.74, 6) is 0.497. The molecule has 0 bridgehead atoms. The molecule has 0 aliphatic heterocycles. The van der Waals surface area contributed by atoms with E-state index in [1.165, 1.54) is 13.2 Å². The van der Waals surface area contributed by atoms with Gasteiger partial charge in [0, 0.05) is 17.5 Å². The summed E-state index contributed by atoms with van der Waals surface area (Å²) >= 11 is 0. The summed E-state index contributed by atoms with van der Waals surface area (Å²) < 4.78 is 10.4. The SMILES string of the molecule is COc1cc2oc(=O)ccc2cc1N=Nc1ccccc1. The third-order valence-electron chi connectivity index (χ3n) is 2.95. The molecule has 0 amide bonds. The van der Waals surface area contributed by atoms with Crippen LogP contribution in [0.1, 0.15) is 0 Å². The number of nitrogens with zero attached hydrogens (tertiary/aromatic N) is 2. The maximum Gasteiger partial charge on any atom is 0.336 e. The quantitative estimate of drug-likeness (QED) is 0.533. The van der Waals surface area contributed by atoms with Crippen LogP contribution in [0.3, 0.4) is 0 Å². The third kappa shape index (κ3) is 2.81. The Kier molecular flexibility index (Phi) is 3.47. The number of fused-ring (bicyclic) bond motifs is 1. The zero-order chi connectivity index (χ0) is 14.7. The first-order valence-electron chi connectivity index (χ1n) is 6.35. The van der Waals surface area contributed by atoms with Crippen molar-refractivity contribution in [2.45, 2.75) is 0 Å². The summed E-state index contributed by atoms with van der Waals surface area (Å²) in [6.45, 7) is 0. The lowest BCUT2D eigenvalue weighted by Gasteiger charge is -2.05. The van der Waals surface area contributed by atoms with Crippen LogP contribution in [0, 0.1) is 0 Å². The number of rotatable bonds is 3. The fourth-order valence-corrected chi connectivity index (χ4v) is 1.93. The van der Waals surface area contributed by atoms with Gasteiger partial charge in [0.05, 0.1) is 12.8 Å². The largest absolute Gasteiger partial charge is 0.494 e. The Bertz CT molecular complexity index is 854. The molecule has 0 fully saturated rings. The maximum absolute atomic E-state index is 11.2. The Morgan fingerprint density at radius 1 is 1.00 bits per heavy atom. The second-order valence-corrected chi connectivity index (χ2v) is 4.35. The second kappa shape index (κ2) is 5.58. The second-order valence-electron chi connectivity index (χ2n) is 4.35. The van der Waals surface area contributed by atoms with Gasteiger partial charge in [-0.1, -0.05) is 18.2 Å². The molecule has 21 heavy (non-hydrogen) atoms. The average molecular weight is 280 g/mol. The molecule has 0 unspecified atom stereocenters. The van der Waals surface area contributed by atoms with Crippen molar-refractivity contribution in [1.29, 1.82) is 0 Å².